The van der Waals surface area contributed by atoms with Crippen LogP contribution in [-0.4, -0.2) is 51.3 Å². The van der Waals surface area contributed by atoms with E-state index in [4.69, 9.17) is 4.42 Å². The van der Waals surface area contributed by atoms with Gasteiger partial charge >= 0.3 is 6.03 Å². The van der Waals surface area contributed by atoms with E-state index in [1.54, 1.807) is 6.92 Å². The van der Waals surface area contributed by atoms with Crippen LogP contribution in [0.15, 0.2) is 46.6 Å². The van der Waals surface area contributed by atoms with Gasteiger partial charge in [0.1, 0.15) is 0 Å². The van der Waals surface area contributed by atoms with Crippen molar-refractivity contribution in [1.82, 2.24) is 20.4 Å². The summed E-state index contributed by atoms with van der Waals surface area (Å²) in [6.07, 6.45) is 1.69. The van der Waals surface area contributed by atoms with Crippen LogP contribution in [-0.2, 0) is 16.0 Å². The van der Waals surface area contributed by atoms with Crippen molar-refractivity contribution in [2.24, 2.45) is 5.92 Å². The first-order valence-corrected chi connectivity index (χ1v) is 10.4. The number of carbonyl (C=O) groups excluding carboxylic acids is 3. The highest BCUT2D eigenvalue weighted by molar-refractivity contribution is 7.99. The number of aromatic nitrogens is 2. The maximum atomic E-state index is 12.6. The lowest BCUT2D eigenvalue weighted by molar-refractivity contribution is -0.134. The van der Waals surface area contributed by atoms with Gasteiger partial charge in [-0.2, -0.15) is 0 Å². The van der Waals surface area contributed by atoms with E-state index in [9.17, 15) is 14.4 Å². The molecule has 0 aliphatic carbocycles. The topological polar surface area (TPSA) is 117 Å². The summed E-state index contributed by atoms with van der Waals surface area (Å²) < 4.78 is 5.58. The molecule has 1 aromatic heterocycles. The minimum absolute atomic E-state index is 0.109. The van der Waals surface area contributed by atoms with Crippen molar-refractivity contribution in [3.8, 4) is 0 Å². The Hall–Kier alpha value is -3.14. The number of imide groups is 1. The van der Waals surface area contributed by atoms with Crippen molar-refractivity contribution in [3.05, 3.63) is 48.4 Å². The Morgan fingerprint density at radius 2 is 2.07 bits per heavy atom. The molecule has 2 heterocycles. The third-order valence-corrected chi connectivity index (χ3v) is 5.42. The molecule has 30 heavy (non-hydrogen) atoms. The molecule has 0 saturated carbocycles. The van der Waals surface area contributed by atoms with Gasteiger partial charge in [-0.25, -0.2) is 4.79 Å². The summed E-state index contributed by atoms with van der Waals surface area (Å²) in [7, 11) is 0. The molecule has 3 rings (SSSR count). The van der Waals surface area contributed by atoms with Gasteiger partial charge in [-0.05, 0) is 26.0 Å². The van der Waals surface area contributed by atoms with Gasteiger partial charge in [0.15, 0.2) is 0 Å². The molecule has 2 unspecified atom stereocenters. The first kappa shape index (κ1) is 21.6. The molecule has 0 spiro atoms. The van der Waals surface area contributed by atoms with Crippen molar-refractivity contribution >= 4 is 35.3 Å². The second-order valence-corrected chi connectivity index (χ2v) is 7.88. The van der Waals surface area contributed by atoms with Gasteiger partial charge in [0.2, 0.25) is 17.7 Å². The number of thioether (sulfide) groups is 1. The number of carbonyl (C=O) groups is 3. The van der Waals surface area contributed by atoms with Crippen molar-refractivity contribution in [1.29, 1.82) is 0 Å². The van der Waals surface area contributed by atoms with E-state index in [1.165, 1.54) is 6.08 Å². The fourth-order valence-electron chi connectivity index (χ4n) is 2.98. The standard InChI is InChI=1S/C20H23N5O4S/c1-4-9-25-18(27)15(13(3)21-19(25)28)10-17-23-24-20(29-17)30-11-16(26)22-14-7-5-12(2)6-8-14/h4-8,13,15H,1,9-11H2,2-3H3,(H,21,28)(H,22,26). The van der Waals surface area contributed by atoms with Gasteiger partial charge in [0.05, 0.1) is 11.7 Å². The predicted molar refractivity (Wildman–Crippen MR) is 112 cm³/mol. The third-order valence-electron chi connectivity index (χ3n) is 4.60. The molecule has 2 atom stereocenters. The molecule has 2 N–H and O–H groups in total. The largest absolute Gasteiger partial charge is 0.416 e. The summed E-state index contributed by atoms with van der Waals surface area (Å²) >= 11 is 1.11. The zero-order valence-corrected chi connectivity index (χ0v) is 17.6. The van der Waals surface area contributed by atoms with Gasteiger partial charge < -0.3 is 15.1 Å². The third kappa shape index (κ3) is 5.26. The van der Waals surface area contributed by atoms with Gasteiger partial charge in [-0.15, -0.1) is 16.8 Å². The number of hydrogen-bond acceptors (Lipinski definition) is 7. The Kier molecular flexibility index (Phi) is 6.88. The fraction of sp³-hybridized carbons (Fsp3) is 0.350. The lowest BCUT2D eigenvalue weighted by Crippen LogP contribution is -2.59. The molecule has 1 aromatic carbocycles. The molecule has 0 bridgehead atoms. The van der Waals surface area contributed by atoms with Gasteiger partial charge in [-0.3, -0.25) is 14.5 Å². The van der Waals surface area contributed by atoms with Crippen LogP contribution in [0.2, 0.25) is 0 Å². The first-order valence-electron chi connectivity index (χ1n) is 9.42. The number of nitrogens with zero attached hydrogens (tertiary/aromatic N) is 3. The highest BCUT2D eigenvalue weighted by Crippen LogP contribution is 2.22. The van der Waals surface area contributed by atoms with Crippen LogP contribution in [0.5, 0.6) is 0 Å². The average molecular weight is 430 g/mol. The number of amides is 4. The molecular weight excluding hydrogens is 406 g/mol. The van der Waals surface area contributed by atoms with E-state index in [2.05, 4.69) is 27.4 Å². The monoisotopic (exact) mass is 429 g/mol. The summed E-state index contributed by atoms with van der Waals surface area (Å²) in [4.78, 5) is 37.8. The second-order valence-electron chi connectivity index (χ2n) is 6.95. The second kappa shape index (κ2) is 9.57. The average Bonchev–Trinajstić information content (AvgIpc) is 3.16. The number of urea groups is 1. The molecule has 1 aliphatic heterocycles. The zero-order chi connectivity index (χ0) is 21.7. The molecule has 0 radical (unpaired) electrons. The van der Waals surface area contributed by atoms with E-state index in [0.717, 1.165) is 22.2 Å². The van der Waals surface area contributed by atoms with E-state index >= 15 is 0 Å². The van der Waals surface area contributed by atoms with E-state index in [-0.39, 0.29) is 47.7 Å². The zero-order valence-electron chi connectivity index (χ0n) is 16.8. The Balaban J connectivity index is 1.54. The number of anilines is 1. The summed E-state index contributed by atoms with van der Waals surface area (Å²) in [5.41, 5.74) is 1.83. The van der Waals surface area contributed by atoms with E-state index in [0.29, 0.717) is 5.69 Å². The molecule has 2 aromatic rings. The van der Waals surface area contributed by atoms with Crippen LogP contribution in [0.1, 0.15) is 18.4 Å². The molecule has 1 saturated heterocycles. The number of rotatable bonds is 8. The number of hydrogen-bond donors (Lipinski definition) is 2. The first-order chi connectivity index (χ1) is 14.4. The predicted octanol–water partition coefficient (Wildman–Crippen LogP) is 2.39. The van der Waals surface area contributed by atoms with Crippen molar-refractivity contribution < 1.29 is 18.8 Å². The molecule has 1 fully saturated rings. The summed E-state index contributed by atoms with van der Waals surface area (Å²) in [6.45, 7) is 7.43. The minimum Gasteiger partial charge on any atom is -0.416 e. The minimum atomic E-state index is -0.522. The highest BCUT2D eigenvalue weighted by atomic mass is 32.2. The van der Waals surface area contributed by atoms with Crippen LogP contribution >= 0.6 is 11.8 Å². The Labute approximate surface area is 178 Å². The van der Waals surface area contributed by atoms with Gasteiger partial charge in [0.25, 0.3) is 5.22 Å². The SMILES string of the molecule is C=CCN1C(=O)NC(C)C(Cc2nnc(SCC(=O)Nc3ccc(C)cc3)o2)C1=O. The molecule has 10 heteroatoms. The summed E-state index contributed by atoms with van der Waals surface area (Å²) in [6, 6.07) is 6.69. The summed E-state index contributed by atoms with van der Waals surface area (Å²) in [5, 5.41) is 13.7. The molecule has 1 aliphatic rings. The maximum absolute atomic E-state index is 12.6. The van der Waals surface area contributed by atoms with E-state index in [1.807, 2.05) is 31.2 Å². The number of nitrogens with one attached hydrogen (secondary N) is 2. The number of aryl methyl sites for hydroxylation is 1. The van der Waals surface area contributed by atoms with Gasteiger partial charge in [-0.1, -0.05) is 35.5 Å². The molecule has 158 valence electrons. The van der Waals surface area contributed by atoms with Gasteiger partial charge in [0, 0.05) is 24.7 Å². The van der Waals surface area contributed by atoms with E-state index < -0.39 is 11.9 Å². The van der Waals surface area contributed by atoms with Crippen molar-refractivity contribution in [3.63, 3.8) is 0 Å². The maximum Gasteiger partial charge on any atom is 0.324 e. The fourth-order valence-corrected chi connectivity index (χ4v) is 3.56. The Bertz CT molecular complexity index is 943. The normalized spacial score (nSPS) is 18.8. The molecule has 9 nitrogen and oxygen atoms in total. The van der Waals surface area contributed by atoms with Crippen LogP contribution in [0.3, 0.4) is 0 Å². The Morgan fingerprint density at radius 1 is 1.33 bits per heavy atom. The summed E-state index contributed by atoms with van der Waals surface area (Å²) in [5.74, 6) is -0.641. The molecular formula is C20H23N5O4S. The van der Waals surface area contributed by atoms with Crippen LogP contribution < -0.4 is 10.6 Å². The lowest BCUT2D eigenvalue weighted by atomic mass is 9.93. The highest BCUT2D eigenvalue weighted by Gasteiger charge is 2.39. The van der Waals surface area contributed by atoms with Crippen molar-refractivity contribution in [2.75, 3.05) is 17.6 Å². The lowest BCUT2D eigenvalue weighted by Gasteiger charge is -2.34. The molecule has 4 amide bonds. The smallest absolute Gasteiger partial charge is 0.324 e. The number of benzene rings is 1. The van der Waals surface area contributed by atoms with Crippen LogP contribution in [0, 0.1) is 12.8 Å². The van der Waals surface area contributed by atoms with Crippen molar-refractivity contribution in [2.45, 2.75) is 31.5 Å². The van der Waals surface area contributed by atoms with Crippen LogP contribution in [0.4, 0.5) is 10.5 Å². The quantitative estimate of drug-likeness (QED) is 0.489. The Morgan fingerprint density at radius 3 is 2.77 bits per heavy atom. The van der Waals surface area contributed by atoms with Crippen LogP contribution in [0.25, 0.3) is 0 Å².